The molecule has 2 N–H and O–H groups in total. The molecule has 4 aliphatic rings. The average Bonchev–Trinajstić information content (AvgIpc) is 3.71. The van der Waals surface area contributed by atoms with Gasteiger partial charge in [0.25, 0.3) is 5.91 Å². The number of thiophene rings is 1. The molecule has 4 heterocycles. The Hall–Kier alpha value is -4.51. The molecule has 4 aromatic rings. The van der Waals surface area contributed by atoms with E-state index < -0.39 is 37.2 Å². The molecule has 1 aromatic heterocycles. The Labute approximate surface area is 350 Å². The number of carbonyl (C=O) groups excluding carboxylic acids is 4. The molecule has 13 heteroatoms. The van der Waals surface area contributed by atoms with Gasteiger partial charge in [-0.15, -0.1) is 11.3 Å². The topological polar surface area (TPSA) is 134 Å². The lowest BCUT2D eigenvalue weighted by Gasteiger charge is -2.40. The van der Waals surface area contributed by atoms with Crippen LogP contribution in [0.1, 0.15) is 106 Å². The maximum Gasteiger partial charge on any atom is 0.323 e. The van der Waals surface area contributed by atoms with Gasteiger partial charge in [-0.2, -0.15) is 0 Å². The molecule has 3 saturated heterocycles. The number of esters is 1. The van der Waals surface area contributed by atoms with Crippen molar-refractivity contribution in [1.29, 1.82) is 0 Å². The maximum atomic E-state index is 14.7. The minimum atomic E-state index is -3.69. The van der Waals surface area contributed by atoms with E-state index in [2.05, 4.69) is 53.4 Å². The number of hydrogen-bond acceptors (Lipinski definition) is 8. The first-order valence-corrected chi connectivity index (χ1v) is 23.8. The Bertz CT molecular complexity index is 2260. The SMILES string of the molecule is CCCOC(=O)[C@H](C)NP(=O)(Cc1ccc2sc(C(=O)N[C@H]3CCCC4(C)CC[C@@H](C(=O)N5C[C@@H](c6ccccc6)[C@H](C)C56CC6)N4C3=O)cc2c1)Oc1ccccc1. The molecule has 1 saturated carbocycles. The lowest BCUT2D eigenvalue weighted by Crippen LogP contribution is -2.59. The predicted octanol–water partition coefficient (Wildman–Crippen LogP) is 8.43. The summed E-state index contributed by atoms with van der Waals surface area (Å²) in [6.45, 7) is 8.82. The molecular formula is C46H55N4O7PS. The summed E-state index contributed by atoms with van der Waals surface area (Å²) in [6, 6.07) is 24.5. The number of carbonyl (C=O) groups is 4. The van der Waals surface area contributed by atoms with Crippen LogP contribution in [0.2, 0.25) is 0 Å². The minimum Gasteiger partial charge on any atom is -0.465 e. The lowest BCUT2D eigenvalue weighted by molar-refractivity contribution is -0.149. The zero-order valence-corrected chi connectivity index (χ0v) is 36.1. The largest absolute Gasteiger partial charge is 0.465 e. The van der Waals surface area contributed by atoms with Gasteiger partial charge in [0.05, 0.1) is 17.6 Å². The Morgan fingerprint density at radius 3 is 2.41 bits per heavy atom. The van der Waals surface area contributed by atoms with E-state index in [1.165, 1.54) is 16.9 Å². The highest BCUT2D eigenvalue weighted by Gasteiger charge is 2.63. The third-order valence-corrected chi connectivity index (χ3v) is 16.4. The van der Waals surface area contributed by atoms with E-state index in [9.17, 15) is 23.7 Å². The normalized spacial score (nSPS) is 26.2. The van der Waals surface area contributed by atoms with Crippen molar-refractivity contribution in [2.75, 3.05) is 13.2 Å². The van der Waals surface area contributed by atoms with E-state index in [-0.39, 0.29) is 41.9 Å². The van der Waals surface area contributed by atoms with E-state index >= 15 is 0 Å². The van der Waals surface area contributed by atoms with Crippen LogP contribution in [0.3, 0.4) is 0 Å². The second-order valence-electron chi connectivity index (χ2n) is 17.3. The van der Waals surface area contributed by atoms with Gasteiger partial charge in [0, 0.05) is 28.2 Å². The number of likely N-dealkylation sites (tertiary alicyclic amines) is 1. The second kappa shape index (κ2) is 16.5. The molecule has 0 radical (unpaired) electrons. The van der Waals surface area contributed by atoms with Crippen LogP contribution in [0, 0.1) is 5.92 Å². The van der Waals surface area contributed by atoms with E-state index in [0.717, 1.165) is 42.2 Å². The number of fused-ring (bicyclic) bond motifs is 2. The zero-order valence-electron chi connectivity index (χ0n) is 34.4. The minimum absolute atomic E-state index is 0.0178. The van der Waals surface area contributed by atoms with Crippen molar-refractivity contribution in [3.63, 3.8) is 0 Å². The first kappa shape index (κ1) is 41.2. The van der Waals surface area contributed by atoms with Gasteiger partial charge in [-0.05, 0) is 118 Å². The van der Waals surface area contributed by atoms with E-state index in [0.29, 0.717) is 47.9 Å². The van der Waals surface area contributed by atoms with Crippen LogP contribution in [0.25, 0.3) is 10.1 Å². The summed E-state index contributed by atoms with van der Waals surface area (Å²) in [5.41, 5.74) is 1.36. The van der Waals surface area contributed by atoms with Crippen LogP contribution in [0.5, 0.6) is 5.75 Å². The van der Waals surface area contributed by atoms with Crippen molar-refractivity contribution in [2.45, 2.75) is 120 Å². The molecule has 59 heavy (non-hydrogen) atoms. The number of nitrogens with one attached hydrogen (secondary N) is 2. The van der Waals surface area contributed by atoms with Crippen LogP contribution in [-0.4, -0.2) is 75.8 Å². The Morgan fingerprint density at radius 1 is 0.966 bits per heavy atom. The van der Waals surface area contributed by atoms with Crippen molar-refractivity contribution < 1.29 is 33.0 Å². The first-order chi connectivity index (χ1) is 28.3. The molecule has 3 aliphatic heterocycles. The summed E-state index contributed by atoms with van der Waals surface area (Å²) >= 11 is 1.32. The molecule has 4 fully saturated rings. The number of benzene rings is 3. The van der Waals surface area contributed by atoms with E-state index in [1.807, 2.05) is 42.2 Å². The van der Waals surface area contributed by atoms with Crippen LogP contribution in [0.15, 0.2) is 84.9 Å². The summed E-state index contributed by atoms with van der Waals surface area (Å²) in [5.74, 6) is 0.0155. The number of hydrogen-bond donors (Lipinski definition) is 2. The Balaban J connectivity index is 0.974. The highest BCUT2D eigenvalue weighted by molar-refractivity contribution is 7.56. The van der Waals surface area contributed by atoms with Crippen molar-refractivity contribution in [3.05, 3.63) is 101 Å². The highest BCUT2D eigenvalue weighted by atomic mass is 32.1. The third-order valence-electron chi connectivity index (χ3n) is 13.2. The van der Waals surface area contributed by atoms with Crippen LogP contribution < -0.4 is 14.9 Å². The number of nitrogens with zero attached hydrogens (tertiary/aromatic N) is 2. The number of rotatable bonds is 13. The fourth-order valence-electron chi connectivity index (χ4n) is 9.88. The smallest absolute Gasteiger partial charge is 0.323 e. The maximum absolute atomic E-state index is 14.7. The Morgan fingerprint density at radius 2 is 1.69 bits per heavy atom. The molecule has 0 bridgehead atoms. The van der Waals surface area contributed by atoms with Gasteiger partial charge in [0.1, 0.15) is 23.9 Å². The summed E-state index contributed by atoms with van der Waals surface area (Å²) in [4.78, 5) is 60.2. The van der Waals surface area contributed by atoms with Gasteiger partial charge in [-0.25, -0.2) is 5.09 Å². The second-order valence-corrected chi connectivity index (χ2v) is 20.5. The molecular weight excluding hydrogens is 784 g/mol. The van der Waals surface area contributed by atoms with Crippen molar-refractivity contribution in [2.24, 2.45) is 5.92 Å². The molecule has 11 nitrogen and oxygen atoms in total. The first-order valence-electron chi connectivity index (χ1n) is 21.1. The number of ether oxygens (including phenoxy) is 1. The van der Waals surface area contributed by atoms with Crippen LogP contribution >= 0.6 is 18.9 Å². The van der Waals surface area contributed by atoms with Gasteiger partial charge < -0.3 is 24.4 Å². The van der Waals surface area contributed by atoms with Crippen molar-refractivity contribution in [1.82, 2.24) is 20.2 Å². The number of para-hydroxylation sites is 1. The molecule has 312 valence electrons. The summed E-state index contributed by atoms with van der Waals surface area (Å²) in [5, 5.41) is 6.78. The van der Waals surface area contributed by atoms with Gasteiger partial charge in [-0.3, -0.25) is 23.7 Å². The highest BCUT2D eigenvalue weighted by Crippen LogP contribution is 2.58. The monoisotopic (exact) mass is 838 g/mol. The average molecular weight is 839 g/mol. The van der Waals surface area contributed by atoms with E-state index in [1.54, 1.807) is 37.3 Å². The van der Waals surface area contributed by atoms with Crippen molar-refractivity contribution >= 4 is 52.6 Å². The molecule has 7 atom stereocenters. The number of amides is 3. The van der Waals surface area contributed by atoms with Crippen LogP contribution in [-0.2, 0) is 29.8 Å². The predicted molar refractivity (Wildman–Crippen MR) is 229 cm³/mol. The fraction of sp³-hybridized carbons (Fsp3) is 0.478. The van der Waals surface area contributed by atoms with Gasteiger partial charge >= 0.3 is 13.5 Å². The fourth-order valence-corrected chi connectivity index (χ4v) is 12.9. The summed E-state index contributed by atoms with van der Waals surface area (Å²) in [7, 11) is -3.69. The van der Waals surface area contributed by atoms with Crippen molar-refractivity contribution in [3.8, 4) is 5.75 Å². The summed E-state index contributed by atoms with van der Waals surface area (Å²) in [6.07, 6.45) is 6.05. The zero-order chi connectivity index (χ0) is 41.5. The molecule has 8 rings (SSSR count). The van der Waals surface area contributed by atoms with Gasteiger partial charge in [-0.1, -0.05) is 68.4 Å². The quantitative estimate of drug-likeness (QED) is 0.101. The molecule has 1 aliphatic carbocycles. The molecule has 2 unspecified atom stereocenters. The summed E-state index contributed by atoms with van der Waals surface area (Å²) < 4.78 is 26.6. The lowest BCUT2D eigenvalue weighted by atomic mass is 9.85. The molecule has 3 aromatic carbocycles. The van der Waals surface area contributed by atoms with Gasteiger partial charge in [0.15, 0.2) is 0 Å². The Kier molecular flexibility index (Phi) is 11.5. The molecule has 1 spiro atoms. The van der Waals surface area contributed by atoms with Gasteiger partial charge in [0.2, 0.25) is 11.8 Å². The van der Waals surface area contributed by atoms with E-state index in [4.69, 9.17) is 9.26 Å². The van der Waals surface area contributed by atoms with Crippen LogP contribution in [0.4, 0.5) is 0 Å². The standard InChI is InChI=1S/C46H55N4O7PS/c1-5-25-56-44(54)31(3)48-58(55,57-35-15-10-7-11-16-35)29-32-18-19-39-34(26-32)27-40(59-39)41(51)47-37-17-12-21-45(4)22-20-38(50(45)42(37)52)43(53)49-28-36(30(2)46(49)23-24-46)33-13-8-6-9-14-33/h6-11,13-16,18-19,26-27,30-31,36-38H,5,12,17,20-25,28-29H2,1-4H3,(H,47,51)(H,48,55)/t30-,31-,36+,37-,38-,45?,58?/m0/s1. The third kappa shape index (κ3) is 8.20. The molecule has 3 amide bonds.